The lowest BCUT2D eigenvalue weighted by atomic mass is 10.3. The Morgan fingerprint density at radius 3 is 1.93 bits per heavy atom. The number of carbonyl (C=O) groups is 2. The molecule has 2 unspecified atom stereocenters. The van der Waals surface area contributed by atoms with E-state index in [4.69, 9.17) is 15.2 Å². The minimum atomic E-state index is -0.925. The van der Waals surface area contributed by atoms with Crippen LogP contribution in [0.15, 0.2) is 0 Å². The molecule has 2 aliphatic heterocycles. The first-order chi connectivity index (χ1) is 6.66. The van der Waals surface area contributed by atoms with Crippen LogP contribution in [0, 0.1) is 0 Å². The molecule has 6 heteroatoms. The average molecular weight is 200 g/mol. The molecule has 2 amide bonds. The van der Waals surface area contributed by atoms with E-state index in [0.717, 1.165) is 0 Å². The van der Waals surface area contributed by atoms with Gasteiger partial charge in [0, 0.05) is 13.1 Å². The summed E-state index contributed by atoms with van der Waals surface area (Å²) in [6.07, 6.45) is 0.133. The van der Waals surface area contributed by atoms with Gasteiger partial charge in [0.1, 0.15) is 0 Å². The van der Waals surface area contributed by atoms with Crippen molar-refractivity contribution in [2.45, 2.75) is 12.2 Å². The molecule has 78 valence electrons. The molecule has 2 atom stereocenters. The number of epoxide rings is 2. The molecule has 0 aromatic heterocycles. The van der Waals surface area contributed by atoms with Crippen molar-refractivity contribution in [3.63, 3.8) is 0 Å². The third kappa shape index (κ3) is 2.43. The van der Waals surface area contributed by atoms with Crippen LogP contribution < -0.4 is 5.73 Å². The summed E-state index contributed by atoms with van der Waals surface area (Å²) >= 11 is 0. The van der Waals surface area contributed by atoms with Gasteiger partial charge in [-0.05, 0) is 0 Å². The third-order valence-corrected chi connectivity index (χ3v) is 2.15. The van der Waals surface area contributed by atoms with Gasteiger partial charge in [0.15, 0.2) is 0 Å². The van der Waals surface area contributed by atoms with Gasteiger partial charge in [0.25, 0.3) is 0 Å². The van der Waals surface area contributed by atoms with E-state index in [2.05, 4.69) is 0 Å². The van der Waals surface area contributed by atoms with Crippen molar-refractivity contribution in [1.82, 2.24) is 4.90 Å². The maximum atomic E-state index is 11.3. The maximum Gasteiger partial charge on any atom is 0.311 e. The van der Waals surface area contributed by atoms with E-state index in [9.17, 15) is 9.59 Å². The van der Waals surface area contributed by atoms with Gasteiger partial charge >= 0.3 is 11.8 Å². The van der Waals surface area contributed by atoms with Crippen molar-refractivity contribution in [3.05, 3.63) is 0 Å². The summed E-state index contributed by atoms with van der Waals surface area (Å²) in [5, 5.41) is 0. The molecule has 0 aliphatic carbocycles. The Hall–Kier alpha value is -1.14. The summed E-state index contributed by atoms with van der Waals surface area (Å²) in [5.41, 5.74) is 4.92. The highest BCUT2D eigenvalue weighted by Gasteiger charge is 2.34. The molecule has 2 heterocycles. The average Bonchev–Trinajstić information content (AvgIpc) is 2.94. The maximum absolute atomic E-state index is 11.3. The Morgan fingerprint density at radius 1 is 1.21 bits per heavy atom. The first kappa shape index (κ1) is 9.42. The minimum absolute atomic E-state index is 0.0667. The number of amides is 2. The van der Waals surface area contributed by atoms with Gasteiger partial charge in [0.05, 0.1) is 25.4 Å². The van der Waals surface area contributed by atoms with Crippen molar-refractivity contribution in [3.8, 4) is 0 Å². The summed E-state index contributed by atoms with van der Waals surface area (Å²) in [6.45, 7) is 2.16. The van der Waals surface area contributed by atoms with E-state index >= 15 is 0 Å². The Labute approximate surface area is 80.9 Å². The van der Waals surface area contributed by atoms with Gasteiger partial charge in [0.2, 0.25) is 0 Å². The highest BCUT2D eigenvalue weighted by atomic mass is 16.6. The monoisotopic (exact) mass is 200 g/mol. The third-order valence-electron chi connectivity index (χ3n) is 2.15. The summed E-state index contributed by atoms with van der Waals surface area (Å²) in [7, 11) is 0. The molecule has 0 radical (unpaired) electrons. The summed E-state index contributed by atoms with van der Waals surface area (Å²) < 4.78 is 9.97. The molecule has 0 bridgehead atoms. The predicted octanol–water partition coefficient (Wildman–Crippen LogP) is -1.90. The van der Waals surface area contributed by atoms with Crippen LogP contribution in [0.2, 0.25) is 0 Å². The molecular weight excluding hydrogens is 188 g/mol. The highest BCUT2D eigenvalue weighted by molar-refractivity contribution is 6.34. The Morgan fingerprint density at radius 2 is 1.64 bits per heavy atom. The van der Waals surface area contributed by atoms with Gasteiger partial charge in [-0.1, -0.05) is 0 Å². The summed E-state index contributed by atoms with van der Waals surface area (Å²) in [5.74, 6) is -1.58. The molecular formula is C8H12N2O4. The number of nitrogens with zero attached hydrogens (tertiary/aromatic N) is 1. The first-order valence-electron chi connectivity index (χ1n) is 4.48. The minimum Gasteiger partial charge on any atom is -0.371 e. The fraction of sp³-hybridized carbons (Fsp3) is 0.750. The van der Waals surface area contributed by atoms with Crippen LogP contribution in [-0.4, -0.2) is 55.2 Å². The normalized spacial score (nSPS) is 28.3. The van der Waals surface area contributed by atoms with Gasteiger partial charge in [-0.2, -0.15) is 0 Å². The Bertz CT molecular complexity index is 246. The largest absolute Gasteiger partial charge is 0.371 e. The summed E-state index contributed by atoms with van der Waals surface area (Å²) in [4.78, 5) is 23.4. The fourth-order valence-corrected chi connectivity index (χ4v) is 1.23. The fourth-order valence-electron chi connectivity index (χ4n) is 1.23. The van der Waals surface area contributed by atoms with Gasteiger partial charge in [-0.25, -0.2) is 0 Å². The molecule has 2 N–H and O–H groups in total. The van der Waals surface area contributed by atoms with Crippen LogP contribution in [0.3, 0.4) is 0 Å². The smallest absolute Gasteiger partial charge is 0.311 e. The SMILES string of the molecule is NC(=O)C(=O)N(CC1CO1)CC1CO1. The van der Waals surface area contributed by atoms with Gasteiger partial charge in [-0.3, -0.25) is 9.59 Å². The molecule has 2 saturated heterocycles. The molecule has 0 aromatic rings. The van der Waals surface area contributed by atoms with E-state index in [1.165, 1.54) is 4.90 Å². The second-order valence-electron chi connectivity index (χ2n) is 3.49. The first-order valence-corrected chi connectivity index (χ1v) is 4.48. The van der Waals surface area contributed by atoms with Crippen LogP contribution >= 0.6 is 0 Å². The zero-order valence-electron chi connectivity index (χ0n) is 7.64. The van der Waals surface area contributed by atoms with E-state index < -0.39 is 11.8 Å². The standard InChI is InChI=1S/C8H12N2O4/c9-7(11)8(12)10(1-5-3-13-5)2-6-4-14-6/h5-6H,1-4H2,(H2,9,11). The predicted molar refractivity (Wildman–Crippen MR) is 45.3 cm³/mol. The summed E-state index contributed by atoms with van der Waals surface area (Å²) in [6, 6.07) is 0. The molecule has 2 aliphatic rings. The van der Waals surface area contributed by atoms with Crippen LogP contribution in [0.5, 0.6) is 0 Å². The number of primary amides is 1. The zero-order valence-corrected chi connectivity index (χ0v) is 7.64. The molecule has 6 nitrogen and oxygen atoms in total. The molecule has 2 rings (SSSR count). The second kappa shape index (κ2) is 3.55. The number of nitrogens with two attached hydrogens (primary N) is 1. The Kier molecular flexibility index (Phi) is 2.39. The lowest BCUT2D eigenvalue weighted by Gasteiger charge is -2.18. The quantitative estimate of drug-likeness (QED) is 0.424. The van der Waals surface area contributed by atoms with Gasteiger partial charge < -0.3 is 20.1 Å². The van der Waals surface area contributed by atoms with Crippen LogP contribution in [0.1, 0.15) is 0 Å². The zero-order chi connectivity index (χ0) is 10.1. The van der Waals surface area contributed by atoms with Crippen molar-refractivity contribution < 1.29 is 19.1 Å². The molecule has 2 fully saturated rings. The topological polar surface area (TPSA) is 88.5 Å². The second-order valence-corrected chi connectivity index (χ2v) is 3.49. The lowest BCUT2D eigenvalue weighted by Crippen LogP contribution is -2.44. The lowest BCUT2D eigenvalue weighted by molar-refractivity contribution is -0.144. The van der Waals surface area contributed by atoms with Crippen molar-refractivity contribution in [2.24, 2.45) is 5.73 Å². The number of carbonyl (C=O) groups excluding carboxylic acids is 2. The van der Waals surface area contributed by atoms with Crippen LogP contribution in [-0.2, 0) is 19.1 Å². The number of hydrogen-bond acceptors (Lipinski definition) is 4. The van der Waals surface area contributed by atoms with E-state index in [0.29, 0.717) is 26.3 Å². The number of hydrogen-bond donors (Lipinski definition) is 1. The molecule has 0 saturated carbocycles. The molecule has 0 aromatic carbocycles. The van der Waals surface area contributed by atoms with Crippen molar-refractivity contribution in [1.29, 1.82) is 0 Å². The van der Waals surface area contributed by atoms with Crippen molar-refractivity contribution >= 4 is 11.8 Å². The van der Waals surface area contributed by atoms with Crippen LogP contribution in [0.25, 0.3) is 0 Å². The van der Waals surface area contributed by atoms with E-state index in [1.54, 1.807) is 0 Å². The highest BCUT2D eigenvalue weighted by Crippen LogP contribution is 2.15. The number of ether oxygens (including phenoxy) is 2. The number of rotatable bonds is 4. The van der Waals surface area contributed by atoms with Crippen LogP contribution in [0.4, 0.5) is 0 Å². The Balaban J connectivity index is 1.88. The van der Waals surface area contributed by atoms with E-state index in [-0.39, 0.29) is 12.2 Å². The van der Waals surface area contributed by atoms with Gasteiger partial charge in [-0.15, -0.1) is 0 Å². The molecule has 0 spiro atoms. The molecule has 14 heavy (non-hydrogen) atoms. The van der Waals surface area contributed by atoms with Crippen molar-refractivity contribution in [2.75, 3.05) is 26.3 Å². The van der Waals surface area contributed by atoms with E-state index in [1.807, 2.05) is 0 Å².